The maximum atomic E-state index is 12.9. The Hall–Kier alpha value is -1.37. The lowest BCUT2D eigenvalue weighted by atomic mass is 10.0. The second-order valence-corrected chi connectivity index (χ2v) is 6.91. The third kappa shape index (κ3) is 4.09. The van der Waals surface area contributed by atoms with E-state index in [0.29, 0.717) is 19.6 Å². The first-order valence-electron chi connectivity index (χ1n) is 7.40. The molecule has 2 heterocycles. The van der Waals surface area contributed by atoms with Crippen molar-refractivity contribution < 1.29 is 9.50 Å². The van der Waals surface area contributed by atoms with Gasteiger partial charge in [-0.3, -0.25) is 4.68 Å². The Labute approximate surface area is 133 Å². The zero-order valence-electron chi connectivity index (χ0n) is 12.3. The van der Waals surface area contributed by atoms with Crippen molar-refractivity contribution >= 4 is 11.8 Å². The van der Waals surface area contributed by atoms with Gasteiger partial charge in [-0.15, -0.1) is 0 Å². The molecule has 2 aromatic rings. The molecule has 1 aliphatic heterocycles. The molecule has 4 nitrogen and oxygen atoms in total. The highest BCUT2D eigenvalue weighted by Gasteiger charge is 2.30. The molecule has 0 amide bonds. The molecule has 3 rings (SSSR count). The van der Waals surface area contributed by atoms with E-state index in [-0.39, 0.29) is 5.82 Å². The molecule has 6 heteroatoms. The molecule has 0 saturated carbocycles. The summed E-state index contributed by atoms with van der Waals surface area (Å²) in [5.41, 5.74) is 1.53. The van der Waals surface area contributed by atoms with Crippen molar-refractivity contribution in [2.24, 2.45) is 0 Å². The Morgan fingerprint density at radius 3 is 2.86 bits per heavy atom. The minimum absolute atomic E-state index is 0.225. The van der Waals surface area contributed by atoms with Crippen molar-refractivity contribution in [3.63, 3.8) is 0 Å². The van der Waals surface area contributed by atoms with Gasteiger partial charge in [0.2, 0.25) is 0 Å². The third-order valence-electron chi connectivity index (χ3n) is 3.81. The predicted octanol–water partition coefficient (Wildman–Crippen LogP) is 2.03. The van der Waals surface area contributed by atoms with E-state index < -0.39 is 5.60 Å². The first-order valence-corrected chi connectivity index (χ1v) is 8.55. The van der Waals surface area contributed by atoms with Crippen LogP contribution in [0.2, 0.25) is 0 Å². The van der Waals surface area contributed by atoms with Crippen molar-refractivity contribution in [3.8, 4) is 0 Å². The molecule has 1 saturated heterocycles. The van der Waals surface area contributed by atoms with Crippen LogP contribution in [0.1, 0.15) is 17.5 Å². The zero-order chi connectivity index (χ0) is 15.4. The van der Waals surface area contributed by atoms with Crippen molar-refractivity contribution in [2.75, 3.05) is 18.1 Å². The van der Waals surface area contributed by atoms with Crippen molar-refractivity contribution in [2.45, 2.75) is 25.1 Å². The molecule has 2 N–H and O–H groups in total. The van der Waals surface area contributed by atoms with E-state index in [1.165, 1.54) is 12.1 Å². The summed E-state index contributed by atoms with van der Waals surface area (Å²) in [4.78, 5) is 0. The van der Waals surface area contributed by atoms with Gasteiger partial charge in [-0.1, -0.05) is 12.1 Å². The van der Waals surface area contributed by atoms with E-state index in [4.69, 9.17) is 0 Å². The summed E-state index contributed by atoms with van der Waals surface area (Å²) in [6.07, 6.45) is 4.66. The molecule has 0 spiro atoms. The lowest BCUT2D eigenvalue weighted by Crippen LogP contribution is -2.40. The van der Waals surface area contributed by atoms with Crippen LogP contribution in [0.15, 0.2) is 36.7 Å². The summed E-state index contributed by atoms with van der Waals surface area (Å²) >= 11 is 1.80. The van der Waals surface area contributed by atoms with Gasteiger partial charge in [0.15, 0.2) is 0 Å². The van der Waals surface area contributed by atoms with E-state index in [9.17, 15) is 9.50 Å². The normalized spacial score (nSPS) is 21.4. The largest absolute Gasteiger partial charge is 0.388 e. The number of hydrogen-bond donors (Lipinski definition) is 2. The molecule has 0 bridgehead atoms. The van der Waals surface area contributed by atoms with E-state index in [1.807, 2.05) is 17.1 Å². The lowest BCUT2D eigenvalue weighted by molar-refractivity contribution is 0.0674. The standard InChI is InChI=1S/C16H20FN3OS/c17-15-3-1-13(2-4-15)9-20-10-14(8-19-20)7-18-11-16(21)5-6-22-12-16/h1-4,8,10,18,21H,5-7,9,11-12H2/t16-/m0/s1. The van der Waals surface area contributed by atoms with Gasteiger partial charge in [-0.2, -0.15) is 16.9 Å². The second kappa shape index (κ2) is 6.81. The molecule has 1 aromatic carbocycles. The number of aliphatic hydroxyl groups is 1. The van der Waals surface area contributed by atoms with Crippen molar-refractivity contribution in [3.05, 3.63) is 53.6 Å². The maximum Gasteiger partial charge on any atom is 0.123 e. The van der Waals surface area contributed by atoms with Crippen LogP contribution in [0.3, 0.4) is 0 Å². The van der Waals surface area contributed by atoms with Gasteiger partial charge in [-0.05, 0) is 29.9 Å². The Morgan fingerprint density at radius 2 is 2.14 bits per heavy atom. The van der Waals surface area contributed by atoms with Crippen LogP contribution in [-0.4, -0.2) is 38.5 Å². The van der Waals surface area contributed by atoms with Gasteiger partial charge in [-0.25, -0.2) is 4.39 Å². The summed E-state index contributed by atoms with van der Waals surface area (Å²) in [7, 11) is 0. The number of thioether (sulfide) groups is 1. The highest BCUT2D eigenvalue weighted by atomic mass is 32.2. The van der Waals surface area contributed by atoms with Gasteiger partial charge in [0.25, 0.3) is 0 Å². The lowest BCUT2D eigenvalue weighted by Gasteiger charge is -2.21. The van der Waals surface area contributed by atoms with Gasteiger partial charge < -0.3 is 10.4 Å². The van der Waals surface area contributed by atoms with Crippen LogP contribution in [0.5, 0.6) is 0 Å². The Balaban J connectivity index is 1.49. The van der Waals surface area contributed by atoms with Crippen LogP contribution in [0.25, 0.3) is 0 Å². The summed E-state index contributed by atoms with van der Waals surface area (Å²) < 4.78 is 14.7. The molecular formula is C16H20FN3OS. The van der Waals surface area contributed by atoms with Gasteiger partial charge in [0, 0.05) is 30.6 Å². The summed E-state index contributed by atoms with van der Waals surface area (Å²) in [6, 6.07) is 6.45. The van der Waals surface area contributed by atoms with Crippen LogP contribution in [-0.2, 0) is 13.1 Å². The first kappa shape index (κ1) is 15.5. The monoisotopic (exact) mass is 321 g/mol. The SMILES string of the molecule is O[C@]1(CNCc2cnn(Cc3ccc(F)cc3)c2)CCSC1. The van der Waals surface area contributed by atoms with E-state index in [0.717, 1.165) is 29.1 Å². The highest BCUT2D eigenvalue weighted by Crippen LogP contribution is 2.26. The molecule has 118 valence electrons. The molecule has 0 unspecified atom stereocenters. The first-order chi connectivity index (χ1) is 10.6. The van der Waals surface area contributed by atoms with E-state index in [1.54, 1.807) is 23.9 Å². The fourth-order valence-electron chi connectivity index (χ4n) is 2.54. The molecule has 0 radical (unpaired) electrons. The van der Waals surface area contributed by atoms with Gasteiger partial charge in [0.1, 0.15) is 5.82 Å². The van der Waals surface area contributed by atoms with Crippen LogP contribution in [0.4, 0.5) is 4.39 Å². The van der Waals surface area contributed by atoms with Gasteiger partial charge >= 0.3 is 0 Å². The Kier molecular flexibility index (Phi) is 4.81. The fourth-order valence-corrected chi connectivity index (χ4v) is 3.83. The van der Waals surface area contributed by atoms with Crippen molar-refractivity contribution in [1.82, 2.24) is 15.1 Å². The fraction of sp³-hybridized carbons (Fsp3) is 0.438. The number of nitrogens with one attached hydrogen (secondary N) is 1. The quantitative estimate of drug-likeness (QED) is 0.855. The summed E-state index contributed by atoms with van der Waals surface area (Å²) in [6.45, 7) is 1.93. The average Bonchev–Trinajstić information content (AvgIpc) is 3.12. The molecule has 1 aliphatic rings. The maximum absolute atomic E-state index is 12.9. The summed E-state index contributed by atoms with van der Waals surface area (Å²) in [5.74, 6) is 1.62. The molecule has 22 heavy (non-hydrogen) atoms. The van der Waals surface area contributed by atoms with E-state index in [2.05, 4.69) is 10.4 Å². The number of benzene rings is 1. The topological polar surface area (TPSA) is 50.1 Å². The molecule has 1 atom stereocenters. The van der Waals surface area contributed by atoms with E-state index >= 15 is 0 Å². The average molecular weight is 321 g/mol. The number of hydrogen-bond acceptors (Lipinski definition) is 4. The number of aromatic nitrogens is 2. The highest BCUT2D eigenvalue weighted by molar-refractivity contribution is 7.99. The minimum Gasteiger partial charge on any atom is -0.388 e. The molecular weight excluding hydrogens is 301 g/mol. The van der Waals surface area contributed by atoms with Gasteiger partial charge in [0.05, 0.1) is 18.3 Å². The van der Waals surface area contributed by atoms with Crippen LogP contribution < -0.4 is 5.32 Å². The molecule has 0 aliphatic carbocycles. The number of halogens is 1. The predicted molar refractivity (Wildman–Crippen MR) is 86.3 cm³/mol. The Morgan fingerprint density at radius 1 is 1.32 bits per heavy atom. The zero-order valence-corrected chi connectivity index (χ0v) is 13.2. The second-order valence-electron chi connectivity index (χ2n) is 5.80. The number of nitrogens with zero attached hydrogens (tertiary/aromatic N) is 2. The molecule has 1 aromatic heterocycles. The third-order valence-corrected chi connectivity index (χ3v) is 5.04. The smallest absolute Gasteiger partial charge is 0.123 e. The van der Waals surface area contributed by atoms with Crippen molar-refractivity contribution in [1.29, 1.82) is 0 Å². The van der Waals surface area contributed by atoms with Crippen LogP contribution in [0, 0.1) is 5.82 Å². The number of rotatable bonds is 6. The molecule has 1 fully saturated rings. The minimum atomic E-state index is -0.561. The Bertz CT molecular complexity index is 608. The van der Waals surface area contributed by atoms with Crippen LogP contribution >= 0.6 is 11.8 Å². The summed E-state index contributed by atoms with van der Waals surface area (Å²) in [5, 5.41) is 17.9.